The fraction of sp³-hybridized carbons (Fsp3) is 0.231. The van der Waals surface area contributed by atoms with Crippen LogP contribution in [-0.4, -0.2) is 16.0 Å². The maximum absolute atomic E-state index is 13.3. The molecule has 2 N–H and O–H groups in total. The molecule has 2 aromatic heterocycles. The van der Waals surface area contributed by atoms with Crippen LogP contribution in [0.3, 0.4) is 0 Å². The number of aromatic nitrogens is 2. The second-order valence-electron chi connectivity index (χ2n) is 8.63. The zero-order valence-electron chi connectivity index (χ0n) is 18.8. The minimum Gasteiger partial charge on any atom is -0.366 e. The van der Waals surface area contributed by atoms with E-state index in [2.05, 4.69) is 32.6 Å². The maximum atomic E-state index is 13.3. The fourth-order valence-corrected chi connectivity index (χ4v) is 4.89. The van der Waals surface area contributed by atoms with E-state index in [0.717, 1.165) is 57.2 Å². The van der Waals surface area contributed by atoms with Gasteiger partial charge in [-0.2, -0.15) is 13.2 Å². The molecular weight excluding hydrogens is 457 g/mol. The first-order chi connectivity index (χ1) is 16.2. The summed E-state index contributed by atoms with van der Waals surface area (Å²) in [5.74, 6) is 0.864. The number of halogens is 3. The van der Waals surface area contributed by atoms with Gasteiger partial charge in [-0.25, -0.2) is 9.97 Å². The quantitative estimate of drug-likeness (QED) is 0.298. The lowest BCUT2D eigenvalue weighted by Crippen LogP contribution is -2.08. The lowest BCUT2D eigenvalue weighted by Gasteiger charge is -2.16. The number of fused-ring (bicyclic) bond motifs is 1. The molecule has 174 valence electrons. The lowest BCUT2D eigenvalue weighted by molar-refractivity contribution is -0.138. The van der Waals surface area contributed by atoms with Gasteiger partial charge in [-0.05, 0) is 67.1 Å². The molecule has 0 spiro atoms. The number of hydrogen-bond donors (Lipinski definition) is 2. The predicted octanol–water partition coefficient (Wildman–Crippen LogP) is 7.65. The van der Waals surface area contributed by atoms with E-state index < -0.39 is 11.7 Å². The fourth-order valence-electron chi connectivity index (χ4n) is 3.92. The molecule has 1 aliphatic rings. The van der Waals surface area contributed by atoms with Crippen LogP contribution < -0.4 is 10.6 Å². The Bertz CT molecular complexity index is 1400. The van der Waals surface area contributed by atoms with Crippen molar-refractivity contribution in [1.82, 2.24) is 9.97 Å². The van der Waals surface area contributed by atoms with Crippen LogP contribution in [0.2, 0.25) is 0 Å². The van der Waals surface area contributed by atoms with E-state index in [1.807, 2.05) is 25.1 Å². The Kier molecular flexibility index (Phi) is 5.56. The molecule has 0 amide bonds. The number of nitrogens with one attached hydrogen (secondary N) is 2. The van der Waals surface area contributed by atoms with Gasteiger partial charge >= 0.3 is 6.18 Å². The molecule has 4 aromatic rings. The molecule has 34 heavy (non-hydrogen) atoms. The molecule has 0 atom stereocenters. The van der Waals surface area contributed by atoms with Crippen LogP contribution in [-0.2, 0) is 6.18 Å². The summed E-state index contributed by atoms with van der Waals surface area (Å²) in [6.45, 7) is 7.56. The monoisotopic (exact) mass is 480 g/mol. The average Bonchev–Trinajstić information content (AvgIpc) is 3.50. The van der Waals surface area contributed by atoms with Crippen molar-refractivity contribution in [2.45, 2.75) is 38.9 Å². The van der Waals surface area contributed by atoms with Gasteiger partial charge < -0.3 is 10.6 Å². The predicted molar refractivity (Wildman–Crippen MR) is 133 cm³/mol. The summed E-state index contributed by atoms with van der Waals surface area (Å²) in [6, 6.07) is 10.6. The standard InChI is InChI=1S/C26H23F3N4S/c1-14-4-6-17(16(3)32-19-7-5-15(2)22(11-19)26(27,28)29)10-20(14)21-12-34-24-23(21)30-13-31-25(24)33-18-8-9-18/h4-7,10-13,18,32H,3,8-9H2,1-2H3,(H,30,31,33). The van der Waals surface area contributed by atoms with Crippen LogP contribution in [0.1, 0.15) is 35.1 Å². The molecule has 1 saturated carbocycles. The Morgan fingerprint density at radius 2 is 1.79 bits per heavy atom. The number of anilines is 2. The molecule has 2 aromatic carbocycles. The normalized spacial score (nSPS) is 13.8. The summed E-state index contributed by atoms with van der Waals surface area (Å²) >= 11 is 1.60. The van der Waals surface area contributed by atoms with E-state index in [1.165, 1.54) is 13.0 Å². The summed E-state index contributed by atoms with van der Waals surface area (Å²) in [7, 11) is 0. The number of nitrogens with zero attached hydrogens (tertiary/aromatic N) is 2. The Hall–Kier alpha value is -3.39. The van der Waals surface area contributed by atoms with Gasteiger partial charge in [0, 0.05) is 28.4 Å². The summed E-state index contributed by atoms with van der Waals surface area (Å²) in [5, 5.41) is 8.59. The van der Waals surface area contributed by atoms with E-state index >= 15 is 0 Å². The average molecular weight is 481 g/mol. The van der Waals surface area contributed by atoms with Gasteiger partial charge in [-0.3, -0.25) is 0 Å². The number of rotatable bonds is 6. The van der Waals surface area contributed by atoms with Gasteiger partial charge in [0.05, 0.1) is 15.8 Å². The first-order valence-electron chi connectivity index (χ1n) is 10.9. The van der Waals surface area contributed by atoms with Crippen molar-refractivity contribution in [3.63, 3.8) is 0 Å². The SMILES string of the molecule is C=C(Nc1ccc(C)c(C(F)(F)F)c1)c1ccc(C)c(-c2csc3c(NC4CC4)ncnc23)c1. The van der Waals surface area contributed by atoms with Crippen LogP contribution in [0, 0.1) is 13.8 Å². The molecule has 1 fully saturated rings. The zero-order chi connectivity index (χ0) is 24.0. The van der Waals surface area contributed by atoms with Crippen molar-refractivity contribution in [3.05, 3.63) is 76.9 Å². The van der Waals surface area contributed by atoms with Crippen LogP contribution in [0.25, 0.3) is 27.0 Å². The molecule has 0 saturated heterocycles. The van der Waals surface area contributed by atoms with Gasteiger partial charge in [0.2, 0.25) is 0 Å². The highest BCUT2D eigenvalue weighted by molar-refractivity contribution is 7.18. The van der Waals surface area contributed by atoms with Crippen molar-refractivity contribution in [1.29, 1.82) is 0 Å². The summed E-state index contributed by atoms with van der Waals surface area (Å²) in [6.07, 6.45) is -0.509. The number of hydrogen-bond acceptors (Lipinski definition) is 5. The number of benzene rings is 2. The minimum atomic E-state index is -4.41. The Balaban J connectivity index is 1.46. The van der Waals surface area contributed by atoms with Gasteiger partial charge in [-0.15, -0.1) is 11.3 Å². The van der Waals surface area contributed by atoms with Gasteiger partial charge in [0.25, 0.3) is 0 Å². The topological polar surface area (TPSA) is 49.8 Å². The van der Waals surface area contributed by atoms with Crippen molar-refractivity contribution < 1.29 is 13.2 Å². The Morgan fingerprint density at radius 3 is 2.53 bits per heavy atom. The van der Waals surface area contributed by atoms with Crippen LogP contribution in [0.4, 0.5) is 24.7 Å². The van der Waals surface area contributed by atoms with Crippen molar-refractivity contribution in [3.8, 4) is 11.1 Å². The molecule has 2 heterocycles. The molecule has 4 nitrogen and oxygen atoms in total. The zero-order valence-corrected chi connectivity index (χ0v) is 19.6. The lowest BCUT2D eigenvalue weighted by atomic mass is 9.98. The summed E-state index contributed by atoms with van der Waals surface area (Å²) < 4.78 is 40.9. The van der Waals surface area contributed by atoms with Crippen molar-refractivity contribution >= 4 is 38.8 Å². The largest absolute Gasteiger partial charge is 0.416 e. The third kappa shape index (κ3) is 4.37. The van der Waals surface area contributed by atoms with Crippen LogP contribution in [0.5, 0.6) is 0 Å². The molecule has 5 rings (SSSR count). The highest BCUT2D eigenvalue weighted by atomic mass is 32.1. The number of aryl methyl sites for hydroxylation is 2. The van der Waals surface area contributed by atoms with Gasteiger partial charge in [-0.1, -0.05) is 24.8 Å². The molecule has 0 unspecified atom stereocenters. The molecule has 1 aliphatic carbocycles. The summed E-state index contributed by atoms with van der Waals surface area (Å²) in [4.78, 5) is 8.97. The molecule has 0 bridgehead atoms. The highest BCUT2D eigenvalue weighted by Crippen LogP contribution is 2.39. The second-order valence-corrected chi connectivity index (χ2v) is 9.51. The van der Waals surface area contributed by atoms with Crippen molar-refractivity contribution in [2.24, 2.45) is 0 Å². The van der Waals surface area contributed by atoms with Gasteiger partial charge in [0.1, 0.15) is 12.1 Å². The highest BCUT2D eigenvalue weighted by Gasteiger charge is 2.32. The van der Waals surface area contributed by atoms with Crippen LogP contribution in [0.15, 0.2) is 54.7 Å². The second kappa shape index (κ2) is 8.43. The van der Waals surface area contributed by atoms with E-state index in [-0.39, 0.29) is 5.56 Å². The van der Waals surface area contributed by atoms with Crippen LogP contribution >= 0.6 is 11.3 Å². The van der Waals surface area contributed by atoms with E-state index in [9.17, 15) is 13.2 Å². The van der Waals surface area contributed by atoms with Gasteiger partial charge in [0.15, 0.2) is 0 Å². The Labute approximate surface area is 199 Å². The number of thiophene rings is 1. The smallest absolute Gasteiger partial charge is 0.366 e. The van der Waals surface area contributed by atoms with E-state index in [0.29, 0.717) is 17.4 Å². The summed E-state index contributed by atoms with van der Waals surface area (Å²) in [5.41, 5.74) is 5.14. The minimum absolute atomic E-state index is 0.183. The van der Waals surface area contributed by atoms with Crippen molar-refractivity contribution in [2.75, 3.05) is 10.6 Å². The molecule has 0 radical (unpaired) electrons. The maximum Gasteiger partial charge on any atom is 0.416 e. The van der Waals surface area contributed by atoms with E-state index in [1.54, 1.807) is 23.7 Å². The molecular formula is C26H23F3N4S. The third-order valence-corrected chi connectivity index (χ3v) is 6.96. The first kappa shape index (κ1) is 22.4. The number of alkyl halides is 3. The first-order valence-corrected chi connectivity index (χ1v) is 11.8. The molecule has 0 aliphatic heterocycles. The molecule has 8 heteroatoms. The van der Waals surface area contributed by atoms with E-state index in [4.69, 9.17) is 0 Å². The Morgan fingerprint density at radius 1 is 1.03 bits per heavy atom. The third-order valence-electron chi connectivity index (χ3n) is 5.99.